The molecule has 0 aliphatic carbocycles. The Morgan fingerprint density at radius 3 is 2.65 bits per heavy atom. The predicted molar refractivity (Wildman–Crippen MR) is 78.8 cm³/mol. The van der Waals surface area contributed by atoms with Gasteiger partial charge in [-0.05, 0) is 30.3 Å². The van der Waals surface area contributed by atoms with Crippen LogP contribution in [0.4, 0.5) is 5.69 Å². The molecule has 102 valence electrons. The molecule has 0 atom stereocenters. The number of aromatic carboxylic acids is 1. The molecular weight excluding hydrogens is 301 g/mol. The molecule has 2 aromatic carbocycles. The third kappa shape index (κ3) is 3.10. The molecule has 0 aliphatic heterocycles. The summed E-state index contributed by atoms with van der Waals surface area (Å²) in [4.78, 5) is 15.0. The quantitative estimate of drug-likeness (QED) is 0.837. The summed E-state index contributed by atoms with van der Waals surface area (Å²) in [7, 11) is 0. The Morgan fingerprint density at radius 2 is 1.95 bits per heavy atom. The number of hydrogen-bond acceptors (Lipinski definition) is 3. The van der Waals surface area contributed by atoms with E-state index in [1.54, 1.807) is 18.2 Å². The van der Waals surface area contributed by atoms with Crippen LogP contribution in [-0.4, -0.2) is 22.4 Å². The van der Waals surface area contributed by atoms with Crippen LogP contribution >= 0.6 is 23.2 Å². The summed E-state index contributed by atoms with van der Waals surface area (Å²) in [6, 6.07) is 8.90. The van der Waals surface area contributed by atoms with E-state index in [1.165, 1.54) is 24.4 Å². The summed E-state index contributed by atoms with van der Waals surface area (Å²) in [6.45, 7) is 0. The molecule has 2 aromatic rings. The maximum atomic E-state index is 10.9. The number of aromatic hydroxyl groups is 1. The van der Waals surface area contributed by atoms with Crippen molar-refractivity contribution in [3.8, 4) is 5.75 Å². The molecule has 20 heavy (non-hydrogen) atoms. The number of carboxylic acid groups (broad SMARTS) is 1. The van der Waals surface area contributed by atoms with Crippen molar-refractivity contribution < 1.29 is 15.0 Å². The van der Waals surface area contributed by atoms with Crippen molar-refractivity contribution in [2.75, 3.05) is 0 Å². The molecule has 0 spiro atoms. The monoisotopic (exact) mass is 309 g/mol. The SMILES string of the molecule is O=C(O)c1ccc(O)c(C=Nc2cccc(Cl)c2Cl)c1. The minimum atomic E-state index is -1.08. The Labute approximate surface area is 124 Å². The highest BCUT2D eigenvalue weighted by Gasteiger charge is 2.07. The van der Waals surface area contributed by atoms with E-state index < -0.39 is 5.97 Å². The van der Waals surface area contributed by atoms with Gasteiger partial charge in [-0.15, -0.1) is 0 Å². The molecule has 0 amide bonds. The first-order valence-corrected chi connectivity index (χ1v) is 6.29. The predicted octanol–water partition coefficient (Wildman–Crippen LogP) is 4.15. The number of hydrogen-bond donors (Lipinski definition) is 2. The largest absolute Gasteiger partial charge is 0.507 e. The molecule has 2 N–H and O–H groups in total. The molecule has 0 fully saturated rings. The normalized spacial score (nSPS) is 10.9. The van der Waals surface area contributed by atoms with Crippen LogP contribution in [0.15, 0.2) is 41.4 Å². The van der Waals surface area contributed by atoms with Crippen LogP contribution in [0.25, 0.3) is 0 Å². The Hall–Kier alpha value is -2.04. The van der Waals surface area contributed by atoms with Crippen molar-refractivity contribution in [2.24, 2.45) is 4.99 Å². The zero-order valence-electron chi connectivity index (χ0n) is 10.0. The number of phenolic OH excluding ortho intramolecular Hbond substituents is 1. The molecule has 0 aliphatic rings. The van der Waals surface area contributed by atoms with E-state index in [-0.39, 0.29) is 16.9 Å². The Balaban J connectivity index is 2.38. The molecule has 0 radical (unpaired) electrons. The molecule has 0 heterocycles. The zero-order chi connectivity index (χ0) is 14.7. The number of halogens is 2. The molecule has 4 nitrogen and oxygen atoms in total. The zero-order valence-corrected chi connectivity index (χ0v) is 11.6. The van der Waals surface area contributed by atoms with Gasteiger partial charge in [-0.1, -0.05) is 29.3 Å². The standard InChI is InChI=1S/C14H9Cl2NO3/c15-10-2-1-3-11(13(10)16)17-7-9-6-8(14(19)20)4-5-12(9)18/h1-7,18H,(H,19,20). The van der Waals surface area contributed by atoms with Crippen molar-refractivity contribution in [2.45, 2.75) is 0 Å². The highest BCUT2D eigenvalue weighted by molar-refractivity contribution is 6.43. The Kier molecular flexibility index (Phi) is 4.27. The number of rotatable bonds is 3. The van der Waals surface area contributed by atoms with Gasteiger partial charge in [0.05, 0.1) is 21.3 Å². The first-order chi connectivity index (χ1) is 9.49. The lowest BCUT2D eigenvalue weighted by molar-refractivity contribution is 0.0697. The third-order valence-corrected chi connectivity index (χ3v) is 3.36. The van der Waals surface area contributed by atoms with Gasteiger partial charge in [0.1, 0.15) is 5.75 Å². The molecule has 0 saturated heterocycles. The van der Waals surface area contributed by atoms with Crippen LogP contribution in [0.3, 0.4) is 0 Å². The summed E-state index contributed by atoms with van der Waals surface area (Å²) >= 11 is 11.8. The number of benzene rings is 2. The van der Waals surface area contributed by atoms with Crippen molar-refractivity contribution >= 4 is 41.1 Å². The lowest BCUT2D eigenvalue weighted by atomic mass is 10.1. The summed E-state index contributed by atoms with van der Waals surface area (Å²) in [5, 5.41) is 19.2. The number of aliphatic imine (C=N–C) groups is 1. The lowest BCUT2D eigenvalue weighted by Crippen LogP contribution is -1.97. The third-order valence-electron chi connectivity index (χ3n) is 2.55. The molecule has 0 aromatic heterocycles. The van der Waals surface area contributed by atoms with E-state index in [0.717, 1.165) is 0 Å². The van der Waals surface area contributed by atoms with E-state index in [4.69, 9.17) is 28.3 Å². The average Bonchev–Trinajstić information content (AvgIpc) is 2.41. The van der Waals surface area contributed by atoms with Crippen molar-refractivity contribution in [1.29, 1.82) is 0 Å². The Bertz CT molecular complexity index is 699. The second kappa shape index (κ2) is 5.94. The molecule has 2 rings (SSSR count). The van der Waals surface area contributed by atoms with Gasteiger partial charge in [-0.25, -0.2) is 4.79 Å². The first-order valence-electron chi connectivity index (χ1n) is 5.53. The van der Waals surface area contributed by atoms with Crippen LogP contribution in [0.1, 0.15) is 15.9 Å². The van der Waals surface area contributed by atoms with Crippen molar-refractivity contribution in [3.05, 3.63) is 57.6 Å². The highest BCUT2D eigenvalue weighted by Crippen LogP contribution is 2.31. The summed E-state index contributed by atoms with van der Waals surface area (Å²) < 4.78 is 0. The van der Waals surface area contributed by atoms with E-state index in [1.807, 2.05) is 0 Å². The van der Waals surface area contributed by atoms with E-state index in [2.05, 4.69) is 4.99 Å². The van der Waals surface area contributed by atoms with Gasteiger partial charge in [-0.3, -0.25) is 4.99 Å². The number of nitrogens with zero attached hydrogens (tertiary/aromatic N) is 1. The fraction of sp³-hybridized carbons (Fsp3) is 0. The fourth-order valence-corrected chi connectivity index (χ4v) is 1.87. The highest BCUT2D eigenvalue weighted by atomic mass is 35.5. The maximum Gasteiger partial charge on any atom is 0.335 e. The molecule has 0 bridgehead atoms. The molecule has 6 heteroatoms. The average molecular weight is 310 g/mol. The van der Waals surface area contributed by atoms with Crippen LogP contribution < -0.4 is 0 Å². The second-order valence-corrected chi connectivity index (χ2v) is 4.70. The maximum absolute atomic E-state index is 10.9. The van der Waals surface area contributed by atoms with Gasteiger partial charge in [0, 0.05) is 11.8 Å². The topological polar surface area (TPSA) is 69.9 Å². The smallest absolute Gasteiger partial charge is 0.335 e. The van der Waals surface area contributed by atoms with Crippen molar-refractivity contribution in [1.82, 2.24) is 0 Å². The summed E-state index contributed by atoms with van der Waals surface area (Å²) in [5.74, 6) is -1.16. The Morgan fingerprint density at radius 1 is 1.20 bits per heavy atom. The molecular formula is C14H9Cl2NO3. The lowest BCUT2D eigenvalue weighted by Gasteiger charge is -2.02. The number of carboxylic acids is 1. The van der Waals surface area contributed by atoms with Crippen molar-refractivity contribution in [3.63, 3.8) is 0 Å². The summed E-state index contributed by atoms with van der Waals surface area (Å²) in [5.41, 5.74) is 0.765. The molecule has 0 unspecified atom stereocenters. The van der Waals surface area contributed by atoms with Gasteiger partial charge in [0.2, 0.25) is 0 Å². The van der Waals surface area contributed by atoms with Gasteiger partial charge < -0.3 is 10.2 Å². The molecule has 0 saturated carbocycles. The minimum absolute atomic E-state index is 0.0569. The number of phenols is 1. The van der Waals surface area contributed by atoms with Gasteiger partial charge in [0.25, 0.3) is 0 Å². The van der Waals surface area contributed by atoms with Crippen LogP contribution in [0.2, 0.25) is 10.0 Å². The van der Waals surface area contributed by atoms with Gasteiger partial charge in [-0.2, -0.15) is 0 Å². The van der Waals surface area contributed by atoms with E-state index in [0.29, 0.717) is 15.7 Å². The van der Waals surface area contributed by atoms with E-state index in [9.17, 15) is 9.90 Å². The van der Waals surface area contributed by atoms with Crippen LogP contribution in [0.5, 0.6) is 5.75 Å². The minimum Gasteiger partial charge on any atom is -0.507 e. The second-order valence-electron chi connectivity index (χ2n) is 3.91. The van der Waals surface area contributed by atoms with Crippen LogP contribution in [0, 0.1) is 0 Å². The first kappa shape index (κ1) is 14.4. The fourth-order valence-electron chi connectivity index (χ4n) is 1.52. The van der Waals surface area contributed by atoms with Gasteiger partial charge in [0.15, 0.2) is 0 Å². The summed E-state index contributed by atoms with van der Waals surface area (Å²) in [6.07, 6.45) is 1.33. The van der Waals surface area contributed by atoms with Crippen LogP contribution in [-0.2, 0) is 0 Å². The van der Waals surface area contributed by atoms with Gasteiger partial charge >= 0.3 is 5.97 Å². The number of carbonyl (C=O) groups is 1. The van der Waals surface area contributed by atoms with E-state index >= 15 is 0 Å².